The molecule has 0 bridgehead atoms. The van der Waals surface area contributed by atoms with Crippen LogP contribution in [-0.4, -0.2) is 19.6 Å². The van der Waals surface area contributed by atoms with Crippen LogP contribution >= 0.6 is 11.6 Å². The molecule has 2 aromatic rings. The second kappa shape index (κ2) is 8.88. The van der Waals surface area contributed by atoms with Crippen LogP contribution in [0.25, 0.3) is 0 Å². The third kappa shape index (κ3) is 5.48. The number of anilines is 1. The number of carbonyl (C=O) groups excluding carboxylic acids is 1. The smallest absolute Gasteiger partial charge is 0.238 e. The zero-order valence-electron chi connectivity index (χ0n) is 15.1. The molecule has 0 spiro atoms. The number of aryl methyl sites for hydroxylation is 1. The number of nitrogens with one attached hydrogen (secondary N) is 2. The quantitative estimate of drug-likeness (QED) is 0.759. The topological polar surface area (TPSA) is 50.4 Å². The SMILES string of the molecule is COc1ccc(C)cc1NC(=O)CNC(c1ccc(Cl)cc1)C(C)C. The van der Waals surface area contributed by atoms with Crippen LogP contribution in [0.15, 0.2) is 42.5 Å². The third-order valence-corrected chi connectivity index (χ3v) is 4.26. The molecular weight excluding hydrogens is 336 g/mol. The van der Waals surface area contributed by atoms with Crippen LogP contribution in [0.3, 0.4) is 0 Å². The predicted octanol–water partition coefficient (Wildman–Crippen LogP) is 4.58. The molecule has 134 valence electrons. The molecule has 0 aromatic heterocycles. The zero-order chi connectivity index (χ0) is 18.4. The van der Waals surface area contributed by atoms with E-state index in [1.54, 1.807) is 7.11 Å². The van der Waals surface area contributed by atoms with E-state index in [1.165, 1.54) is 0 Å². The fraction of sp³-hybridized carbons (Fsp3) is 0.350. The lowest BCUT2D eigenvalue weighted by molar-refractivity contribution is -0.115. The number of hydrogen-bond donors (Lipinski definition) is 2. The lowest BCUT2D eigenvalue weighted by atomic mass is 9.96. The van der Waals surface area contributed by atoms with Gasteiger partial charge in [-0.15, -0.1) is 0 Å². The van der Waals surface area contributed by atoms with E-state index in [9.17, 15) is 4.79 Å². The molecule has 1 atom stereocenters. The van der Waals surface area contributed by atoms with E-state index in [4.69, 9.17) is 16.3 Å². The van der Waals surface area contributed by atoms with Gasteiger partial charge in [-0.1, -0.05) is 43.6 Å². The molecule has 2 aromatic carbocycles. The minimum Gasteiger partial charge on any atom is -0.495 e. The molecule has 1 unspecified atom stereocenters. The summed E-state index contributed by atoms with van der Waals surface area (Å²) in [5, 5.41) is 6.94. The summed E-state index contributed by atoms with van der Waals surface area (Å²) in [4.78, 5) is 12.4. The first-order valence-electron chi connectivity index (χ1n) is 8.34. The molecule has 0 heterocycles. The molecule has 0 aliphatic rings. The van der Waals surface area contributed by atoms with E-state index in [-0.39, 0.29) is 18.5 Å². The Morgan fingerprint density at radius 2 is 1.84 bits per heavy atom. The number of carbonyl (C=O) groups is 1. The highest BCUT2D eigenvalue weighted by Gasteiger charge is 2.17. The molecule has 2 rings (SSSR count). The Morgan fingerprint density at radius 3 is 2.44 bits per heavy atom. The van der Waals surface area contributed by atoms with E-state index in [0.717, 1.165) is 11.1 Å². The van der Waals surface area contributed by atoms with E-state index in [1.807, 2.05) is 49.4 Å². The normalized spacial score (nSPS) is 12.1. The van der Waals surface area contributed by atoms with Gasteiger partial charge in [-0.25, -0.2) is 0 Å². The molecule has 1 amide bonds. The summed E-state index contributed by atoms with van der Waals surface area (Å²) in [6.07, 6.45) is 0. The Morgan fingerprint density at radius 1 is 1.16 bits per heavy atom. The molecule has 25 heavy (non-hydrogen) atoms. The highest BCUT2D eigenvalue weighted by molar-refractivity contribution is 6.30. The van der Waals surface area contributed by atoms with Crippen molar-refractivity contribution in [2.24, 2.45) is 5.92 Å². The molecular formula is C20H25ClN2O2. The Balaban J connectivity index is 2.02. The first-order chi connectivity index (χ1) is 11.9. The number of amides is 1. The average molecular weight is 361 g/mol. The van der Waals surface area contributed by atoms with Crippen molar-refractivity contribution in [3.63, 3.8) is 0 Å². The van der Waals surface area contributed by atoms with Crippen molar-refractivity contribution in [1.29, 1.82) is 0 Å². The molecule has 2 N–H and O–H groups in total. The lowest BCUT2D eigenvalue weighted by Gasteiger charge is -2.23. The van der Waals surface area contributed by atoms with Gasteiger partial charge in [0.05, 0.1) is 19.3 Å². The van der Waals surface area contributed by atoms with Gasteiger partial charge in [-0.2, -0.15) is 0 Å². The van der Waals surface area contributed by atoms with Crippen LogP contribution in [-0.2, 0) is 4.79 Å². The van der Waals surface area contributed by atoms with Crippen molar-refractivity contribution in [2.75, 3.05) is 19.0 Å². The number of halogens is 1. The first kappa shape index (κ1) is 19.3. The third-order valence-electron chi connectivity index (χ3n) is 4.01. The van der Waals surface area contributed by atoms with Gasteiger partial charge in [0.25, 0.3) is 0 Å². The van der Waals surface area contributed by atoms with Gasteiger partial charge in [0, 0.05) is 11.1 Å². The van der Waals surface area contributed by atoms with E-state index in [2.05, 4.69) is 24.5 Å². The first-order valence-corrected chi connectivity index (χ1v) is 8.72. The standard InChI is InChI=1S/C20H25ClN2O2/c1-13(2)20(15-6-8-16(21)9-7-15)22-12-19(24)23-17-11-14(3)5-10-18(17)25-4/h5-11,13,20,22H,12H2,1-4H3,(H,23,24). The van der Waals surface area contributed by atoms with Crippen molar-refractivity contribution in [3.05, 3.63) is 58.6 Å². The van der Waals surface area contributed by atoms with Crippen LogP contribution in [0.1, 0.15) is 31.0 Å². The van der Waals surface area contributed by atoms with E-state index < -0.39 is 0 Å². The van der Waals surface area contributed by atoms with E-state index in [0.29, 0.717) is 22.4 Å². The summed E-state index contributed by atoms with van der Waals surface area (Å²) >= 11 is 5.96. The van der Waals surface area contributed by atoms with Crippen molar-refractivity contribution < 1.29 is 9.53 Å². The summed E-state index contributed by atoms with van der Waals surface area (Å²) in [6.45, 7) is 6.42. The number of ether oxygens (including phenoxy) is 1. The maximum atomic E-state index is 12.4. The molecule has 5 heteroatoms. The Hall–Kier alpha value is -2.04. The second-order valence-corrected chi connectivity index (χ2v) is 6.84. The highest BCUT2D eigenvalue weighted by atomic mass is 35.5. The number of methoxy groups -OCH3 is 1. The van der Waals surface area contributed by atoms with Crippen molar-refractivity contribution in [2.45, 2.75) is 26.8 Å². The summed E-state index contributed by atoms with van der Waals surface area (Å²) in [6, 6.07) is 13.5. The van der Waals surface area contributed by atoms with Gasteiger partial charge in [0.1, 0.15) is 5.75 Å². The van der Waals surface area contributed by atoms with Gasteiger partial charge < -0.3 is 15.4 Å². The number of rotatable bonds is 7. The van der Waals surface area contributed by atoms with Crippen molar-refractivity contribution in [1.82, 2.24) is 5.32 Å². The molecule has 0 aliphatic carbocycles. The second-order valence-electron chi connectivity index (χ2n) is 6.41. The monoisotopic (exact) mass is 360 g/mol. The maximum absolute atomic E-state index is 12.4. The van der Waals surface area contributed by atoms with Gasteiger partial charge in [0.15, 0.2) is 0 Å². The molecule has 0 fully saturated rings. The Bertz CT molecular complexity index is 714. The fourth-order valence-electron chi connectivity index (χ4n) is 2.73. The zero-order valence-corrected chi connectivity index (χ0v) is 15.9. The van der Waals surface area contributed by atoms with Gasteiger partial charge in [-0.05, 0) is 48.2 Å². The molecule has 4 nitrogen and oxygen atoms in total. The van der Waals surface area contributed by atoms with Gasteiger partial charge in [0.2, 0.25) is 5.91 Å². The fourth-order valence-corrected chi connectivity index (χ4v) is 2.85. The summed E-state index contributed by atoms with van der Waals surface area (Å²) in [5.74, 6) is 0.878. The summed E-state index contributed by atoms with van der Waals surface area (Å²) in [7, 11) is 1.59. The van der Waals surface area contributed by atoms with Crippen molar-refractivity contribution in [3.8, 4) is 5.75 Å². The summed E-state index contributed by atoms with van der Waals surface area (Å²) < 4.78 is 5.30. The predicted molar refractivity (Wildman–Crippen MR) is 103 cm³/mol. The van der Waals surface area contributed by atoms with Crippen LogP contribution in [0.5, 0.6) is 5.75 Å². The Kier molecular flexibility index (Phi) is 6.85. The molecule has 0 saturated carbocycles. The minimum absolute atomic E-state index is 0.0717. The average Bonchev–Trinajstić information content (AvgIpc) is 2.56. The molecule has 0 aliphatic heterocycles. The lowest BCUT2D eigenvalue weighted by Crippen LogP contribution is -2.33. The van der Waals surface area contributed by atoms with Crippen LogP contribution in [0.4, 0.5) is 5.69 Å². The molecule has 0 radical (unpaired) electrons. The number of benzene rings is 2. The van der Waals surface area contributed by atoms with Crippen LogP contribution in [0.2, 0.25) is 5.02 Å². The van der Waals surface area contributed by atoms with Gasteiger partial charge >= 0.3 is 0 Å². The minimum atomic E-state index is -0.108. The van der Waals surface area contributed by atoms with Crippen LogP contribution < -0.4 is 15.4 Å². The highest BCUT2D eigenvalue weighted by Crippen LogP contribution is 2.26. The number of hydrogen-bond acceptors (Lipinski definition) is 3. The van der Waals surface area contributed by atoms with Crippen molar-refractivity contribution >= 4 is 23.2 Å². The molecule has 0 saturated heterocycles. The Labute approximate surface area is 154 Å². The van der Waals surface area contributed by atoms with Crippen LogP contribution in [0, 0.1) is 12.8 Å². The van der Waals surface area contributed by atoms with Gasteiger partial charge in [-0.3, -0.25) is 4.79 Å². The van der Waals surface area contributed by atoms with E-state index >= 15 is 0 Å². The summed E-state index contributed by atoms with van der Waals surface area (Å²) in [5.41, 5.74) is 2.85. The maximum Gasteiger partial charge on any atom is 0.238 e. The largest absolute Gasteiger partial charge is 0.495 e.